The molecule has 0 bridgehead atoms. The highest BCUT2D eigenvalue weighted by atomic mass is 16.5. The van der Waals surface area contributed by atoms with Gasteiger partial charge in [0.05, 0.1) is 18.8 Å². The standard InChI is InChI=1S/C10H10N2O2/c1-7-3-4-12-9(5-7)8(6-11-12)10(13)14-2/h3-6H,1-2H3. The van der Waals surface area contributed by atoms with Gasteiger partial charge in [0.25, 0.3) is 0 Å². The van der Waals surface area contributed by atoms with Crippen molar-refractivity contribution in [2.75, 3.05) is 7.11 Å². The summed E-state index contributed by atoms with van der Waals surface area (Å²) < 4.78 is 6.30. The van der Waals surface area contributed by atoms with Crippen molar-refractivity contribution in [3.63, 3.8) is 0 Å². The summed E-state index contributed by atoms with van der Waals surface area (Å²) in [5.74, 6) is -0.356. The van der Waals surface area contributed by atoms with Crippen LogP contribution in [0, 0.1) is 6.92 Å². The molecule has 2 heterocycles. The molecule has 2 aromatic heterocycles. The number of nitrogens with zero attached hydrogens (tertiary/aromatic N) is 2. The van der Waals surface area contributed by atoms with Crippen LogP contribution in [0.5, 0.6) is 0 Å². The molecule has 2 rings (SSSR count). The van der Waals surface area contributed by atoms with Gasteiger partial charge in [0.2, 0.25) is 0 Å². The van der Waals surface area contributed by atoms with Crippen LogP contribution >= 0.6 is 0 Å². The second-order valence-electron chi connectivity index (χ2n) is 3.08. The Labute approximate surface area is 81.1 Å². The first-order valence-corrected chi connectivity index (χ1v) is 4.24. The summed E-state index contributed by atoms with van der Waals surface area (Å²) in [7, 11) is 1.36. The molecular weight excluding hydrogens is 180 g/mol. The first-order valence-electron chi connectivity index (χ1n) is 4.24. The number of aryl methyl sites for hydroxylation is 1. The topological polar surface area (TPSA) is 43.6 Å². The molecule has 0 atom stereocenters. The van der Waals surface area contributed by atoms with Gasteiger partial charge in [0.1, 0.15) is 5.56 Å². The summed E-state index contributed by atoms with van der Waals surface area (Å²) in [6, 6.07) is 3.83. The quantitative estimate of drug-likeness (QED) is 0.639. The van der Waals surface area contributed by atoms with E-state index >= 15 is 0 Å². The number of methoxy groups -OCH3 is 1. The van der Waals surface area contributed by atoms with E-state index in [1.807, 2.05) is 25.3 Å². The number of hydrogen-bond donors (Lipinski definition) is 0. The normalized spacial score (nSPS) is 10.4. The van der Waals surface area contributed by atoms with Crippen LogP contribution in [0.15, 0.2) is 24.5 Å². The van der Waals surface area contributed by atoms with Crippen molar-refractivity contribution in [1.29, 1.82) is 0 Å². The summed E-state index contributed by atoms with van der Waals surface area (Å²) in [5, 5.41) is 4.04. The number of rotatable bonds is 1. The average molecular weight is 190 g/mol. The minimum atomic E-state index is -0.356. The van der Waals surface area contributed by atoms with Crippen LogP contribution in [-0.4, -0.2) is 22.7 Å². The zero-order valence-corrected chi connectivity index (χ0v) is 8.02. The van der Waals surface area contributed by atoms with Crippen LogP contribution in [0.3, 0.4) is 0 Å². The number of carbonyl (C=O) groups excluding carboxylic acids is 1. The maximum atomic E-state index is 11.3. The second-order valence-corrected chi connectivity index (χ2v) is 3.08. The zero-order valence-electron chi connectivity index (χ0n) is 8.02. The largest absolute Gasteiger partial charge is 0.465 e. The SMILES string of the molecule is COC(=O)c1cnn2ccc(C)cc12. The molecule has 0 saturated heterocycles. The monoisotopic (exact) mass is 190 g/mol. The van der Waals surface area contributed by atoms with Crippen LogP contribution in [0.25, 0.3) is 5.52 Å². The smallest absolute Gasteiger partial charge is 0.341 e. The average Bonchev–Trinajstić information content (AvgIpc) is 2.59. The van der Waals surface area contributed by atoms with Gasteiger partial charge in [0, 0.05) is 6.20 Å². The Balaban J connectivity index is 2.67. The van der Waals surface area contributed by atoms with E-state index in [0.29, 0.717) is 5.56 Å². The molecule has 4 nitrogen and oxygen atoms in total. The Morgan fingerprint density at radius 3 is 3.07 bits per heavy atom. The van der Waals surface area contributed by atoms with Gasteiger partial charge < -0.3 is 4.74 Å². The maximum Gasteiger partial charge on any atom is 0.341 e. The molecule has 72 valence electrons. The van der Waals surface area contributed by atoms with Crippen molar-refractivity contribution in [1.82, 2.24) is 9.61 Å². The van der Waals surface area contributed by atoms with Crippen LogP contribution in [0.1, 0.15) is 15.9 Å². The van der Waals surface area contributed by atoms with E-state index in [-0.39, 0.29) is 5.97 Å². The zero-order chi connectivity index (χ0) is 10.1. The van der Waals surface area contributed by atoms with Gasteiger partial charge in [-0.3, -0.25) is 0 Å². The number of fused-ring (bicyclic) bond motifs is 1. The van der Waals surface area contributed by atoms with Crippen LogP contribution in [-0.2, 0) is 4.74 Å². The minimum Gasteiger partial charge on any atom is -0.465 e. The molecule has 0 saturated carbocycles. The number of carbonyl (C=O) groups is 1. The van der Waals surface area contributed by atoms with E-state index in [1.165, 1.54) is 13.3 Å². The lowest BCUT2D eigenvalue weighted by atomic mass is 10.2. The fraction of sp³-hybridized carbons (Fsp3) is 0.200. The third-order valence-corrected chi connectivity index (χ3v) is 2.08. The lowest BCUT2D eigenvalue weighted by molar-refractivity contribution is 0.0603. The van der Waals surface area contributed by atoms with E-state index in [9.17, 15) is 4.79 Å². The molecule has 0 radical (unpaired) electrons. The third-order valence-electron chi connectivity index (χ3n) is 2.08. The van der Waals surface area contributed by atoms with Gasteiger partial charge >= 0.3 is 5.97 Å². The lowest BCUT2D eigenvalue weighted by Gasteiger charge is -1.97. The van der Waals surface area contributed by atoms with E-state index < -0.39 is 0 Å². The van der Waals surface area contributed by atoms with Crippen LogP contribution < -0.4 is 0 Å². The summed E-state index contributed by atoms with van der Waals surface area (Å²) in [6.07, 6.45) is 3.33. The van der Waals surface area contributed by atoms with E-state index in [0.717, 1.165) is 11.1 Å². The van der Waals surface area contributed by atoms with Crippen LogP contribution in [0.2, 0.25) is 0 Å². The molecule has 0 unspecified atom stereocenters. The number of pyridine rings is 1. The van der Waals surface area contributed by atoms with E-state index in [2.05, 4.69) is 9.84 Å². The Morgan fingerprint density at radius 2 is 2.36 bits per heavy atom. The maximum absolute atomic E-state index is 11.3. The highest BCUT2D eigenvalue weighted by Crippen LogP contribution is 2.12. The highest BCUT2D eigenvalue weighted by Gasteiger charge is 2.12. The predicted molar refractivity (Wildman–Crippen MR) is 51.3 cm³/mol. The van der Waals surface area contributed by atoms with Gasteiger partial charge in [-0.1, -0.05) is 0 Å². The van der Waals surface area contributed by atoms with Crippen molar-refractivity contribution in [3.8, 4) is 0 Å². The molecule has 0 N–H and O–H groups in total. The number of aromatic nitrogens is 2. The minimum absolute atomic E-state index is 0.356. The molecule has 14 heavy (non-hydrogen) atoms. The van der Waals surface area contributed by atoms with Crippen molar-refractivity contribution in [2.45, 2.75) is 6.92 Å². The molecular formula is C10H10N2O2. The molecule has 0 aliphatic heterocycles. The summed E-state index contributed by atoms with van der Waals surface area (Å²) in [6.45, 7) is 1.97. The first kappa shape index (κ1) is 8.74. The van der Waals surface area contributed by atoms with E-state index in [4.69, 9.17) is 0 Å². The summed E-state index contributed by atoms with van der Waals surface area (Å²) >= 11 is 0. The molecule has 0 spiro atoms. The fourth-order valence-electron chi connectivity index (χ4n) is 1.35. The van der Waals surface area contributed by atoms with Gasteiger partial charge in [-0.2, -0.15) is 5.10 Å². The number of esters is 1. The Hall–Kier alpha value is -1.84. The molecule has 0 fully saturated rings. The Kier molecular flexibility index (Phi) is 1.96. The highest BCUT2D eigenvalue weighted by molar-refractivity contribution is 5.96. The van der Waals surface area contributed by atoms with Gasteiger partial charge in [0.15, 0.2) is 0 Å². The van der Waals surface area contributed by atoms with Crippen molar-refractivity contribution in [3.05, 3.63) is 35.7 Å². The predicted octanol–water partition coefficient (Wildman–Crippen LogP) is 1.43. The van der Waals surface area contributed by atoms with E-state index in [1.54, 1.807) is 4.52 Å². The third kappa shape index (κ3) is 1.25. The molecule has 4 heteroatoms. The first-order chi connectivity index (χ1) is 6.72. The Morgan fingerprint density at radius 1 is 1.57 bits per heavy atom. The fourth-order valence-corrected chi connectivity index (χ4v) is 1.35. The van der Waals surface area contributed by atoms with Gasteiger partial charge in [-0.05, 0) is 24.6 Å². The van der Waals surface area contributed by atoms with Crippen LogP contribution in [0.4, 0.5) is 0 Å². The molecule has 0 amide bonds. The Bertz CT molecular complexity index is 488. The van der Waals surface area contributed by atoms with Gasteiger partial charge in [-0.25, -0.2) is 9.31 Å². The van der Waals surface area contributed by atoms with Crippen molar-refractivity contribution < 1.29 is 9.53 Å². The second kappa shape index (κ2) is 3.14. The molecule has 0 aromatic carbocycles. The van der Waals surface area contributed by atoms with Crippen molar-refractivity contribution in [2.24, 2.45) is 0 Å². The van der Waals surface area contributed by atoms with Crippen molar-refractivity contribution >= 4 is 11.5 Å². The number of ether oxygens (including phenoxy) is 1. The van der Waals surface area contributed by atoms with Gasteiger partial charge in [-0.15, -0.1) is 0 Å². The number of hydrogen-bond acceptors (Lipinski definition) is 3. The lowest BCUT2D eigenvalue weighted by Crippen LogP contribution is -2.00. The molecule has 0 aliphatic rings. The molecule has 2 aromatic rings. The summed E-state index contributed by atoms with van der Waals surface area (Å²) in [4.78, 5) is 11.3. The molecule has 0 aliphatic carbocycles. The summed E-state index contributed by atoms with van der Waals surface area (Å²) in [5.41, 5.74) is 2.36.